The fourth-order valence-electron chi connectivity index (χ4n) is 4.50. The Bertz CT molecular complexity index is 799. The van der Waals surface area contributed by atoms with Gasteiger partial charge in [0.15, 0.2) is 0 Å². The van der Waals surface area contributed by atoms with Crippen molar-refractivity contribution in [1.29, 1.82) is 0 Å². The van der Waals surface area contributed by atoms with Crippen LogP contribution in [-0.4, -0.2) is 51.0 Å². The van der Waals surface area contributed by atoms with Crippen molar-refractivity contribution in [2.75, 3.05) is 26.2 Å². The van der Waals surface area contributed by atoms with Crippen molar-refractivity contribution in [1.82, 2.24) is 30.2 Å². The van der Waals surface area contributed by atoms with Crippen molar-refractivity contribution in [3.05, 3.63) is 71.8 Å². The van der Waals surface area contributed by atoms with Crippen molar-refractivity contribution in [2.24, 2.45) is 5.92 Å². The van der Waals surface area contributed by atoms with Gasteiger partial charge < -0.3 is 20.2 Å². The molecule has 2 heterocycles. The van der Waals surface area contributed by atoms with E-state index in [2.05, 4.69) is 68.3 Å². The highest BCUT2D eigenvalue weighted by Crippen LogP contribution is 2.17. The largest absolute Gasteiger partial charge is 0.349 e. The van der Waals surface area contributed by atoms with Gasteiger partial charge in [-0.2, -0.15) is 0 Å². The van der Waals surface area contributed by atoms with Gasteiger partial charge >= 0.3 is 0 Å². The lowest BCUT2D eigenvalue weighted by Gasteiger charge is -2.20. The number of aromatic amines is 2. The van der Waals surface area contributed by atoms with E-state index in [-0.39, 0.29) is 0 Å². The molecule has 1 aromatic carbocycles. The predicted molar refractivity (Wildman–Crippen MR) is 136 cm³/mol. The second kappa shape index (κ2) is 14.7. The monoisotopic (exact) mass is 450 g/mol. The molecule has 0 fully saturated rings. The Hall–Kier alpha value is -2.44. The van der Waals surface area contributed by atoms with Crippen molar-refractivity contribution in [3.63, 3.8) is 0 Å². The molecule has 6 heteroatoms. The molecule has 3 N–H and O–H groups in total. The van der Waals surface area contributed by atoms with Gasteiger partial charge in [-0.25, -0.2) is 9.97 Å². The Labute approximate surface area is 199 Å². The molecule has 0 aliphatic carbocycles. The van der Waals surface area contributed by atoms with Crippen LogP contribution in [0.15, 0.2) is 49.1 Å². The predicted octanol–water partition coefficient (Wildman–Crippen LogP) is 4.77. The molecule has 33 heavy (non-hydrogen) atoms. The minimum absolute atomic E-state index is 0.450. The van der Waals surface area contributed by atoms with Crippen LogP contribution in [0.25, 0.3) is 0 Å². The second-order valence-corrected chi connectivity index (χ2v) is 9.09. The summed E-state index contributed by atoms with van der Waals surface area (Å²) in [5, 5.41) is 3.62. The zero-order valence-corrected chi connectivity index (χ0v) is 20.5. The lowest BCUT2D eigenvalue weighted by Crippen LogP contribution is -2.27. The topological polar surface area (TPSA) is 72.6 Å². The molecule has 0 saturated heterocycles. The van der Waals surface area contributed by atoms with E-state index >= 15 is 0 Å². The van der Waals surface area contributed by atoms with E-state index in [4.69, 9.17) is 0 Å². The van der Waals surface area contributed by atoms with Crippen molar-refractivity contribution >= 4 is 0 Å². The first kappa shape index (κ1) is 25.2. The van der Waals surface area contributed by atoms with Crippen molar-refractivity contribution in [3.8, 4) is 0 Å². The van der Waals surface area contributed by atoms with Gasteiger partial charge in [0.25, 0.3) is 0 Å². The third-order valence-corrected chi connectivity index (χ3v) is 6.11. The Morgan fingerprint density at radius 1 is 0.788 bits per heavy atom. The van der Waals surface area contributed by atoms with Crippen LogP contribution in [0.2, 0.25) is 0 Å². The molecule has 6 nitrogen and oxygen atoms in total. The summed E-state index contributed by atoms with van der Waals surface area (Å²) < 4.78 is 0. The van der Waals surface area contributed by atoms with Crippen LogP contribution in [0.5, 0.6) is 0 Å². The summed E-state index contributed by atoms with van der Waals surface area (Å²) in [6.07, 6.45) is 15.3. The molecule has 2 aromatic heterocycles. The quantitative estimate of drug-likeness (QED) is 0.259. The normalized spacial score (nSPS) is 11.6. The zero-order chi connectivity index (χ0) is 23.1. The van der Waals surface area contributed by atoms with Crippen LogP contribution in [0.1, 0.15) is 62.3 Å². The first-order valence-electron chi connectivity index (χ1n) is 12.7. The van der Waals surface area contributed by atoms with E-state index < -0.39 is 0 Å². The fraction of sp³-hybridized carbons (Fsp3) is 0.556. The number of hydrogen-bond donors (Lipinski definition) is 3. The molecule has 0 aliphatic rings. The minimum Gasteiger partial charge on any atom is -0.349 e. The highest BCUT2D eigenvalue weighted by molar-refractivity contribution is 5.23. The fourth-order valence-corrected chi connectivity index (χ4v) is 4.50. The Balaban J connectivity index is 1.40. The summed E-state index contributed by atoms with van der Waals surface area (Å²) in [6.45, 7) is 10.3. The summed E-state index contributed by atoms with van der Waals surface area (Å²) in [5.74, 6) is 2.53. The molecule has 3 rings (SSSR count). The summed E-state index contributed by atoms with van der Waals surface area (Å²) >= 11 is 0. The van der Waals surface area contributed by atoms with Gasteiger partial charge in [-0.05, 0) is 75.3 Å². The summed E-state index contributed by atoms with van der Waals surface area (Å²) in [4.78, 5) is 17.9. The van der Waals surface area contributed by atoms with Gasteiger partial charge in [-0.1, -0.05) is 38.1 Å². The van der Waals surface area contributed by atoms with Crippen LogP contribution in [0.4, 0.5) is 0 Å². The van der Waals surface area contributed by atoms with E-state index in [9.17, 15) is 0 Å². The number of benzene rings is 1. The lowest BCUT2D eigenvalue weighted by molar-refractivity contribution is 0.268. The van der Waals surface area contributed by atoms with Gasteiger partial charge in [0.1, 0.15) is 11.6 Å². The highest BCUT2D eigenvalue weighted by Gasteiger charge is 2.15. The number of nitrogens with zero attached hydrogens (tertiary/aromatic N) is 3. The number of unbranched alkanes of at least 4 members (excludes halogenated alkanes) is 1. The SMILES string of the molecule is CCCN(CCC)CCCCNCc1ccc(CC(Cc2ncc[nH]2)Cc2ncc[nH]2)cc1. The number of nitrogens with one attached hydrogen (secondary N) is 3. The highest BCUT2D eigenvalue weighted by atomic mass is 15.1. The van der Waals surface area contributed by atoms with Crippen LogP contribution < -0.4 is 5.32 Å². The minimum atomic E-state index is 0.450. The average Bonchev–Trinajstić information content (AvgIpc) is 3.52. The van der Waals surface area contributed by atoms with Crippen LogP contribution in [0, 0.1) is 5.92 Å². The van der Waals surface area contributed by atoms with E-state index in [0.717, 1.165) is 44.0 Å². The third kappa shape index (κ3) is 9.52. The Morgan fingerprint density at radius 2 is 1.39 bits per heavy atom. The summed E-state index contributed by atoms with van der Waals surface area (Å²) in [5.41, 5.74) is 2.72. The lowest BCUT2D eigenvalue weighted by atomic mass is 9.92. The number of H-pyrrole nitrogens is 2. The van der Waals surface area contributed by atoms with Gasteiger partial charge in [0.05, 0.1) is 0 Å². The first-order chi connectivity index (χ1) is 16.3. The average molecular weight is 451 g/mol. The Morgan fingerprint density at radius 3 is 1.94 bits per heavy atom. The van der Waals surface area contributed by atoms with E-state index in [1.54, 1.807) is 0 Å². The smallest absolute Gasteiger partial charge is 0.106 e. The third-order valence-electron chi connectivity index (χ3n) is 6.11. The standard InChI is InChI=1S/C27H42N6/c1-3-16-33(17-4-2)18-6-5-11-28-22-24-9-7-23(8-10-24)19-25(20-26-29-12-13-30-26)21-27-31-14-15-32-27/h7-10,12-15,25,28H,3-6,11,16-22H2,1-2H3,(H,29,30)(H,31,32). The zero-order valence-electron chi connectivity index (χ0n) is 20.5. The molecular formula is C27H42N6. The van der Waals surface area contributed by atoms with Crippen molar-refractivity contribution < 1.29 is 0 Å². The summed E-state index contributed by atoms with van der Waals surface area (Å²) in [7, 11) is 0. The number of imidazole rings is 2. The molecule has 0 unspecified atom stereocenters. The molecule has 0 spiro atoms. The Kier molecular flexibility index (Phi) is 11.2. The van der Waals surface area contributed by atoms with Crippen molar-refractivity contribution in [2.45, 2.75) is 65.3 Å². The van der Waals surface area contributed by atoms with Gasteiger partial charge in [0, 0.05) is 44.2 Å². The molecular weight excluding hydrogens is 408 g/mol. The van der Waals surface area contributed by atoms with Crippen LogP contribution in [-0.2, 0) is 25.8 Å². The molecule has 0 radical (unpaired) electrons. The second-order valence-electron chi connectivity index (χ2n) is 9.09. The maximum absolute atomic E-state index is 4.43. The van der Waals surface area contributed by atoms with E-state index in [0.29, 0.717) is 5.92 Å². The molecule has 3 aromatic rings. The molecule has 180 valence electrons. The van der Waals surface area contributed by atoms with Gasteiger partial charge in [-0.15, -0.1) is 0 Å². The molecule has 0 bridgehead atoms. The van der Waals surface area contributed by atoms with E-state index in [1.807, 2.05) is 24.8 Å². The maximum Gasteiger partial charge on any atom is 0.106 e. The van der Waals surface area contributed by atoms with Gasteiger partial charge in [-0.3, -0.25) is 0 Å². The molecule has 0 saturated carbocycles. The molecule has 0 atom stereocenters. The number of aromatic nitrogens is 4. The number of rotatable bonds is 17. The first-order valence-corrected chi connectivity index (χ1v) is 12.7. The van der Waals surface area contributed by atoms with Crippen LogP contribution >= 0.6 is 0 Å². The van der Waals surface area contributed by atoms with E-state index in [1.165, 1.54) is 56.4 Å². The van der Waals surface area contributed by atoms with Gasteiger partial charge in [0.2, 0.25) is 0 Å². The molecule has 0 amide bonds. The van der Waals surface area contributed by atoms with Crippen LogP contribution in [0.3, 0.4) is 0 Å². The molecule has 0 aliphatic heterocycles. The maximum atomic E-state index is 4.43. The summed E-state index contributed by atoms with van der Waals surface area (Å²) in [6, 6.07) is 9.09. The number of hydrogen-bond acceptors (Lipinski definition) is 4.